The van der Waals surface area contributed by atoms with E-state index in [9.17, 15) is 26.3 Å². The minimum Gasteiger partial charge on any atom is -0.475 e. The Morgan fingerprint density at radius 3 is 2.03 bits per heavy atom. The summed E-state index contributed by atoms with van der Waals surface area (Å²) in [6.45, 7) is 4.90. The van der Waals surface area contributed by atoms with Gasteiger partial charge >= 0.3 is 24.3 Å². The first kappa shape index (κ1) is 31.8. The normalized spacial score (nSPS) is 19.1. The molecule has 4 heterocycles. The van der Waals surface area contributed by atoms with E-state index in [2.05, 4.69) is 25.8 Å². The SMILES string of the molecule is COCC1CC2(CCN(Cc3ccco3)CC2)CN1c1ncccn1.O=C(O)C(F)(F)F.O=C(O)C(F)(F)F. The Morgan fingerprint density at radius 1 is 1.05 bits per heavy atom. The van der Waals surface area contributed by atoms with Crippen molar-refractivity contribution in [3.05, 3.63) is 42.6 Å². The molecule has 2 fully saturated rings. The number of aliphatic carboxylic acids is 2. The average molecular weight is 570 g/mol. The zero-order valence-electron chi connectivity index (χ0n) is 20.8. The fraction of sp³-hybridized carbons (Fsp3) is 0.565. The van der Waals surface area contributed by atoms with E-state index in [4.69, 9.17) is 29.0 Å². The number of carboxylic acids is 2. The minimum absolute atomic E-state index is 0.349. The Balaban J connectivity index is 0.000000317. The summed E-state index contributed by atoms with van der Waals surface area (Å²) in [5.41, 5.74) is 0.349. The molecule has 1 atom stereocenters. The Hall–Kier alpha value is -3.40. The average Bonchev–Trinajstić information content (AvgIpc) is 3.49. The Labute approximate surface area is 219 Å². The summed E-state index contributed by atoms with van der Waals surface area (Å²) >= 11 is 0. The molecule has 2 aromatic heterocycles. The number of carbonyl (C=O) groups is 2. The number of hydrogen-bond donors (Lipinski definition) is 2. The molecule has 1 unspecified atom stereocenters. The molecular weight excluding hydrogens is 542 g/mol. The van der Waals surface area contributed by atoms with Crippen LogP contribution in [0.15, 0.2) is 41.3 Å². The molecule has 0 bridgehead atoms. The monoisotopic (exact) mass is 570 g/mol. The molecule has 39 heavy (non-hydrogen) atoms. The van der Waals surface area contributed by atoms with Gasteiger partial charge in [0.15, 0.2) is 0 Å². The largest absolute Gasteiger partial charge is 0.490 e. The number of piperidine rings is 1. The zero-order chi connectivity index (χ0) is 29.3. The highest BCUT2D eigenvalue weighted by Gasteiger charge is 2.46. The van der Waals surface area contributed by atoms with E-state index in [0.717, 1.165) is 50.9 Å². The predicted octanol–water partition coefficient (Wildman–Crippen LogP) is 3.84. The van der Waals surface area contributed by atoms with Crippen LogP contribution in [0.5, 0.6) is 0 Å². The van der Waals surface area contributed by atoms with E-state index in [1.807, 2.05) is 24.5 Å². The third kappa shape index (κ3) is 10.0. The van der Waals surface area contributed by atoms with Gasteiger partial charge in [-0.2, -0.15) is 26.3 Å². The standard InChI is InChI=1S/C19H26N4O2.2C2HF3O2/c1-24-14-16-12-19(15-23(16)18-20-7-3-8-21-18)5-9-22(10-6-19)13-17-4-2-11-25-17;2*3-2(4,5)1(6)7/h2-4,7-8,11,16H,5-6,9-10,12-15H2,1H3;2*(H,6,7). The van der Waals surface area contributed by atoms with Gasteiger partial charge in [0.1, 0.15) is 5.76 Å². The van der Waals surface area contributed by atoms with Crippen LogP contribution in [0.2, 0.25) is 0 Å². The van der Waals surface area contributed by atoms with Gasteiger partial charge in [-0.3, -0.25) is 4.90 Å². The number of likely N-dealkylation sites (tertiary alicyclic amines) is 1. The molecule has 218 valence electrons. The number of nitrogens with zero attached hydrogens (tertiary/aromatic N) is 4. The molecule has 2 saturated heterocycles. The number of aromatic nitrogens is 2. The van der Waals surface area contributed by atoms with Crippen LogP contribution in [-0.4, -0.2) is 88.8 Å². The van der Waals surface area contributed by atoms with Crippen LogP contribution in [0.1, 0.15) is 25.0 Å². The Bertz CT molecular complexity index is 1000. The summed E-state index contributed by atoms with van der Waals surface area (Å²) in [7, 11) is 1.78. The van der Waals surface area contributed by atoms with Crippen LogP contribution in [0.3, 0.4) is 0 Å². The van der Waals surface area contributed by atoms with Crippen LogP contribution < -0.4 is 4.90 Å². The van der Waals surface area contributed by atoms with Crippen LogP contribution >= 0.6 is 0 Å². The van der Waals surface area contributed by atoms with Gasteiger partial charge in [0.25, 0.3) is 0 Å². The van der Waals surface area contributed by atoms with Gasteiger partial charge in [-0.05, 0) is 56.0 Å². The minimum atomic E-state index is -5.08. The highest BCUT2D eigenvalue weighted by Crippen LogP contribution is 2.44. The van der Waals surface area contributed by atoms with Gasteiger partial charge < -0.3 is 24.3 Å². The number of ether oxygens (including phenoxy) is 1. The van der Waals surface area contributed by atoms with Crippen molar-refractivity contribution in [2.45, 2.75) is 44.2 Å². The lowest BCUT2D eigenvalue weighted by Gasteiger charge is -2.38. The fourth-order valence-corrected chi connectivity index (χ4v) is 4.35. The van der Waals surface area contributed by atoms with Crippen molar-refractivity contribution in [2.24, 2.45) is 5.41 Å². The van der Waals surface area contributed by atoms with Crippen LogP contribution in [0.4, 0.5) is 32.3 Å². The van der Waals surface area contributed by atoms with E-state index < -0.39 is 24.3 Å². The van der Waals surface area contributed by atoms with E-state index in [0.29, 0.717) is 11.5 Å². The van der Waals surface area contributed by atoms with Gasteiger partial charge in [0.05, 0.1) is 25.5 Å². The lowest BCUT2D eigenvalue weighted by molar-refractivity contribution is -0.193. The number of rotatable bonds is 5. The Morgan fingerprint density at radius 2 is 1.59 bits per heavy atom. The molecule has 4 rings (SSSR count). The van der Waals surface area contributed by atoms with E-state index in [1.165, 1.54) is 12.8 Å². The molecular formula is C23H28F6N4O6. The second kappa shape index (κ2) is 13.6. The first-order valence-corrected chi connectivity index (χ1v) is 11.5. The lowest BCUT2D eigenvalue weighted by Crippen LogP contribution is -2.41. The number of methoxy groups -OCH3 is 1. The van der Waals surface area contributed by atoms with Crippen LogP contribution in [0, 0.1) is 5.41 Å². The topological polar surface area (TPSA) is 129 Å². The molecule has 16 heteroatoms. The number of halogens is 6. The van der Waals surface area contributed by atoms with Gasteiger partial charge in [-0.15, -0.1) is 0 Å². The summed E-state index contributed by atoms with van der Waals surface area (Å²) in [4.78, 5) is 31.6. The molecule has 2 N–H and O–H groups in total. The number of furan rings is 1. The smallest absolute Gasteiger partial charge is 0.475 e. The highest BCUT2D eigenvalue weighted by atomic mass is 19.4. The van der Waals surface area contributed by atoms with Gasteiger partial charge in [-0.25, -0.2) is 19.6 Å². The Kier molecular flexibility index (Phi) is 11.1. The molecule has 2 aromatic rings. The maximum absolute atomic E-state index is 10.6. The van der Waals surface area contributed by atoms with Crippen LogP contribution in [-0.2, 0) is 20.9 Å². The van der Waals surface area contributed by atoms with Gasteiger partial charge in [0, 0.05) is 26.0 Å². The van der Waals surface area contributed by atoms with Crippen molar-refractivity contribution in [1.29, 1.82) is 0 Å². The molecule has 10 nitrogen and oxygen atoms in total. The molecule has 0 aromatic carbocycles. The van der Waals surface area contributed by atoms with Crippen molar-refractivity contribution >= 4 is 17.9 Å². The van der Waals surface area contributed by atoms with E-state index >= 15 is 0 Å². The molecule has 0 aliphatic carbocycles. The second-order valence-corrected chi connectivity index (χ2v) is 8.95. The molecule has 1 spiro atoms. The van der Waals surface area contributed by atoms with Crippen molar-refractivity contribution in [3.8, 4) is 0 Å². The number of alkyl halides is 6. The third-order valence-electron chi connectivity index (χ3n) is 6.14. The second-order valence-electron chi connectivity index (χ2n) is 8.95. The summed E-state index contributed by atoms with van der Waals surface area (Å²) < 4.78 is 74.4. The fourth-order valence-electron chi connectivity index (χ4n) is 4.35. The van der Waals surface area contributed by atoms with Gasteiger partial charge in [0.2, 0.25) is 5.95 Å². The highest BCUT2D eigenvalue weighted by molar-refractivity contribution is 5.73. The van der Waals surface area contributed by atoms with Crippen molar-refractivity contribution in [1.82, 2.24) is 14.9 Å². The maximum Gasteiger partial charge on any atom is 0.490 e. The molecule has 2 aliphatic heterocycles. The van der Waals surface area contributed by atoms with Gasteiger partial charge in [-0.1, -0.05) is 0 Å². The lowest BCUT2D eigenvalue weighted by atomic mass is 9.76. The zero-order valence-corrected chi connectivity index (χ0v) is 20.8. The number of anilines is 1. The van der Waals surface area contributed by atoms with Crippen molar-refractivity contribution in [2.75, 3.05) is 38.3 Å². The molecule has 0 saturated carbocycles. The van der Waals surface area contributed by atoms with E-state index in [-0.39, 0.29) is 0 Å². The summed E-state index contributed by atoms with van der Waals surface area (Å²) in [6.07, 6.45) is -1.20. The number of hydrogen-bond acceptors (Lipinski definition) is 8. The van der Waals surface area contributed by atoms with Crippen LogP contribution in [0.25, 0.3) is 0 Å². The molecule has 2 aliphatic rings. The van der Waals surface area contributed by atoms with Crippen molar-refractivity contribution < 1.29 is 55.3 Å². The predicted molar refractivity (Wildman–Crippen MR) is 123 cm³/mol. The molecule has 0 amide bonds. The quantitative estimate of drug-likeness (QED) is 0.512. The summed E-state index contributed by atoms with van der Waals surface area (Å²) in [6, 6.07) is 6.26. The maximum atomic E-state index is 10.6. The first-order valence-electron chi connectivity index (χ1n) is 11.5. The van der Waals surface area contributed by atoms with E-state index in [1.54, 1.807) is 13.4 Å². The summed E-state index contributed by atoms with van der Waals surface area (Å²) in [5, 5.41) is 14.2. The summed E-state index contributed by atoms with van der Waals surface area (Å²) in [5.74, 6) is -3.63. The third-order valence-corrected chi connectivity index (χ3v) is 6.14. The van der Waals surface area contributed by atoms with Crippen molar-refractivity contribution in [3.63, 3.8) is 0 Å². The first-order chi connectivity index (χ1) is 18.2. The molecule has 0 radical (unpaired) electrons. The number of carboxylic acid groups (broad SMARTS) is 2.